The fraction of sp³-hybridized carbons (Fsp3) is 0.185. The van der Waals surface area contributed by atoms with Crippen molar-refractivity contribution in [3.05, 3.63) is 114 Å². The molecule has 2 unspecified atom stereocenters. The number of anilines is 1. The van der Waals surface area contributed by atoms with Crippen molar-refractivity contribution in [2.75, 3.05) is 11.1 Å². The molecule has 0 aliphatic heterocycles. The molecule has 9 nitrogen and oxygen atoms in total. The number of allylic oxidation sites excluding steroid dienone is 4. The molecule has 2 atom stereocenters. The topological polar surface area (TPSA) is 148 Å². The van der Waals surface area contributed by atoms with Gasteiger partial charge in [-0.1, -0.05) is 54.6 Å². The van der Waals surface area contributed by atoms with E-state index in [0.29, 0.717) is 23.4 Å². The molecular formula is C27H28N4O5S2. The van der Waals surface area contributed by atoms with E-state index in [1.165, 1.54) is 12.1 Å². The number of hydrogen-bond donors (Lipinski definition) is 3. The maximum absolute atomic E-state index is 13.1. The molecule has 0 spiro atoms. The quantitative estimate of drug-likeness (QED) is 0.370. The van der Waals surface area contributed by atoms with Crippen LogP contribution in [-0.4, -0.2) is 33.6 Å². The number of nitrogens with one attached hydrogen (secondary N) is 2. The van der Waals surface area contributed by atoms with Crippen molar-refractivity contribution < 1.29 is 21.6 Å². The minimum atomic E-state index is -3.88. The smallest absolute Gasteiger partial charge is 0.319 e. The van der Waals surface area contributed by atoms with Crippen molar-refractivity contribution in [1.82, 2.24) is 10.3 Å². The zero-order valence-corrected chi connectivity index (χ0v) is 22.0. The first-order valence-corrected chi connectivity index (χ1v) is 15.2. The maximum Gasteiger partial charge on any atom is 0.319 e. The number of carbonyl (C=O) groups is 1. The Morgan fingerprint density at radius 2 is 1.68 bits per heavy atom. The third-order valence-electron chi connectivity index (χ3n) is 6.04. The standard InChI is InChI=1S/C27H28N4O5S2/c28-38(35,36)25-8-3-7-22(15-25)26-9-2-1-6-23(26)19-37(33,34)18-20-10-12-24(13-11-20)31-27(32)30-17-21-5-4-14-29-16-21/h1-16,23,26H,17-19H2,(H2,28,35,36)(H2,30,31,32). The Balaban J connectivity index is 1.37. The fourth-order valence-electron chi connectivity index (χ4n) is 4.22. The van der Waals surface area contributed by atoms with E-state index in [9.17, 15) is 21.6 Å². The highest BCUT2D eigenvalue weighted by Gasteiger charge is 2.27. The minimum Gasteiger partial charge on any atom is -0.334 e. The van der Waals surface area contributed by atoms with Crippen molar-refractivity contribution in [3.8, 4) is 0 Å². The number of rotatable bonds is 9. The SMILES string of the molecule is NS(=O)(=O)c1cccc(C2C=CC=CC2CS(=O)(=O)Cc2ccc(NC(=O)NCc3cccnc3)cc2)c1. The molecule has 2 aromatic carbocycles. The first kappa shape index (κ1) is 27.2. The number of pyridine rings is 1. The van der Waals surface area contributed by atoms with Crippen LogP contribution in [-0.2, 0) is 32.2 Å². The van der Waals surface area contributed by atoms with Crippen molar-refractivity contribution in [2.45, 2.75) is 23.1 Å². The molecule has 0 fully saturated rings. The van der Waals surface area contributed by atoms with E-state index >= 15 is 0 Å². The molecule has 1 aliphatic carbocycles. The summed E-state index contributed by atoms with van der Waals surface area (Å²) in [5.41, 5.74) is 2.67. The lowest BCUT2D eigenvalue weighted by Crippen LogP contribution is -2.28. The Bertz CT molecular complexity index is 1550. The summed E-state index contributed by atoms with van der Waals surface area (Å²) in [6.45, 7) is 0.328. The predicted molar refractivity (Wildman–Crippen MR) is 146 cm³/mol. The normalized spacial score (nSPS) is 17.2. The van der Waals surface area contributed by atoms with Gasteiger partial charge in [-0.2, -0.15) is 0 Å². The first-order chi connectivity index (χ1) is 18.1. The number of sulfonamides is 1. The number of urea groups is 1. The largest absolute Gasteiger partial charge is 0.334 e. The van der Waals surface area contributed by atoms with Gasteiger partial charge in [0.05, 0.1) is 16.4 Å². The van der Waals surface area contributed by atoms with Crippen LogP contribution in [0.1, 0.15) is 22.6 Å². The number of amides is 2. The van der Waals surface area contributed by atoms with E-state index < -0.39 is 19.9 Å². The molecule has 0 saturated carbocycles. The predicted octanol–water partition coefficient (Wildman–Crippen LogP) is 3.49. The van der Waals surface area contributed by atoms with Crippen LogP contribution in [0.25, 0.3) is 0 Å². The van der Waals surface area contributed by atoms with Gasteiger partial charge in [0, 0.05) is 36.5 Å². The number of benzene rings is 2. The zero-order valence-electron chi connectivity index (χ0n) is 20.4. The van der Waals surface area contributed by atoms with Crippen LogP contribution in [0.5, 0.6) is 0 Å². The third-order valence-corrected chi connectivity index (χ3v) is 8.62. The van der Waals surface area contributed by atoms with Gasteiger partial charge in [-0.25, -0.2) is 26.8 Å². The molecule has 1 aliphatic rings. The highest BCUT2D eigenvalue weighted by molar-refractivity contribution is 7.90. The van der Waals surface area contributed by atoms with Crippen LogP contribution >= 0.6 is 0 Å². The lowest BCUT2D eigenvalue weighted by molar-refractivity contribution is 0.251. The van der Waals surface area contributed by atoms with Gasteiger partial charge in [0.2, 0.25) is 10.0 Å². The third kappa shape index (κ3) is 7.60. The van der Waals surface area contributed by atoms with Crippen LogP contribution in [0.3, 0.4) is 0 Å². The average Bonchev–Trinajstić information content (AvgIpc) is 2.89. The zero-order chi connectivity index (χ0) is 27.2. The second-order valence-electron chi connectivity index (χ2n) is 9.00. The van der Waals surface area contributed by atoms with E-state index in [1.807, 2.05) is 24.3 Å². The summed E-state index contributed by atoms with van der Waals surface area (Å²) in [7, 11) is -7.40. The highest BCUT2D eigenvalue weighted by Crippen LogP contribution is 2.33. The Morgan fingerprint density at radius 1 is 0.921 bits per heavy atom. The summed E-state index contributed by atoms with van der Waals surface area (Å²) in [5, 5.41) is 10.7. The van der Waals surface area contributed by atoms with E-state index in [4.69, 9.17) is 5.14 Å². The van der Waals surface area contributed by atoms with Crippen molar-refractivity contribution in [2.24, 2.45) is 11.1 Å². The molecule has 11 heteroatoms. The number of aromatic nitrogens is 1. The molecule has 2 amide bonds. The Hall–Kier alpha value is -3.80. The summed E-state index contributed by atoms with van der Waals surface area (Å²) in [4.78, 5) is 16.1. The fourth-order valence-corrected chi connectivity index (χ4v) is 6.51. The van der Waals surface area contributed by atoms with Gasteiger partial charge in [0.25, 0.3) is 0 Å². The van der Waals surface area contributed by atoms with E-state index in [2.05, 4.69) is 15.6 Å². The first-order valence-electron chi connectivity index (χ1n) is 11.8. The Kier molecular flexibility index (Phi) is 8.40. The summed E-state index contributed by atoms with van der Waals surface area (Å²) in [6, 6.07) is 16.2. The second kappa shape index (κ2) is 11.7. The number of nitrogens with zero attached hydrogens (tertiary/aromatic N) is 1. The second-order valence-corrected chi connectivity index (χ2v) is 12.7. The number of carbonyl (C=O) groups excluding carboxylic acids is 1. The van der Waals surface area contributed by atoms with Crippen molar-refractivity contribution >= 4 is 31.6 Å². The Morgan fingerprint density at radius 3 is 2.39 bits per heavy atom. The van der Waals surface area contributed by atoms with Crippen LogP contribution in [0, 0.1) is 5.92 Å². The summed E-state index contributed by atoms with van der Waals surface area (Å²) >= 11 is 0. The lowest BCUT2D eigenvalue weighted by atomic mass is 9.84. The van der Waals surface area contributed by atoms with E-state index in [-0.39, 0.29) is 34.3 Å². The molecule has 38 heavy (non-hydrogen) atoms. The van der Waals surface area contributed by atoms with E-state index in [1.54, 1.807) is 60.9 Å². The lowest BCUT2D eigenvalue weighted by Gasteiger charge is -2.25. The van der Waals surface area contributed by atoms with Crippen LogP contribution in [0.4, 0.5) is 10.5 Å². The van der Waals surface area contributed by atoms with Gasteiger partial charge >= 0.3 is 6.03 Å². The van der Waals surface area contributed by atoms with Gasteiger partial charge in [-0.15, -0.1) is 0 Å². The number of primary sulfonamides is 1. The van der Waals surface area contributed by atoms with Gasteiger partial charge < -0.3 is 10.6 Å². The molecule has 3 aromatic rings. The van der Waals surface area contributed by atoms with Crippen molar-refractivity contribution in [1.29, 1.82) is 0 Å². The minimum absolute atomic E-state index is 0.0148. The molecule has 0 radical (unpaired) electrons. The summed E-state index contributed by atoms with van der Waals surface area (Å²) < 4.78 is 49.7. The molecular weight excluding hydrogens is 524 g/mol. The molecule has 0 bridgehead atoms. The summed E-state index contributed by atoms with van der Waals surface area (Å²) in [6.07, 6.45) is 10.6. The number of hydrogen-bond acceptors (Lipinski definition) is 6. The van der Waals surface area contributed by atoms with Crippen LogP contribution in [0.2, 0.25) is 0 Å². The molecule has 0 saturated heterocycles. The van der Waals surface area contributed by atoms with Crippen LogP contribution in [0.15, 0.2) is 102 Å². The maximum atomic E-state index is 13.1. The van der Waals surface area contributed by atoms with Gasteiger partial charge in [-0.3, -0.25) is 4.98 Å². The van der Waals surface area contributed by atoms with Crippen LogP contribution < -0.4 is 15.8 Å². The highest BCUT2D eigenvalue weighted by atomic mass is 32.2. The van der Waals surface area contributed by atoms with Gasteiger partial charge in [0.1, 0.15) is 0 Å². The molecule has 4 N–H and O–H groups in total. The average molecular weight is 553 g/mol. The summed E-state index contributed by atoms with van der Waals surface area (Å²) in [5.74, 6) is -0.966. The molecule has 4 rings (SSSR count). The molecule has 1 aromatic heterocycles. The van der Waals surface area contributed by atoms with E-state index in [0.717, 1.165) is 5.56 Å². The number of nitrogens with two attached hydrogens (primary N) is 1. The van der Waals surface area contributed by atoms with Gasteiger partial charge in [0.15, 0.2) is 9.84 Å². The van der Waals surface area contributed by atoms with Crippen molar-refractivity contribution in [3.63, 3.8) is 0 Å². The molecule has 198 valence electrons. The number of sulfone groups is 1. The Labute approximate surface area is 222 Å². The molecule has 1 heterocycles. The van der Waals surface area contributed by atoms with Gasteiger partial charge in [-0.05, 0) is 47.0 Å². The monoisotopic (exact) mass is 552 g/mol.